The molecule has 0 spiro atoms. The van der Waals surface area contributed by atoms with Crippen LogP contribution in [0.1, 0.15) is 109 Å². The number of aliphatic imine (C=N–C) groups is 1. The standard InChI is InChI=1S/C36H52N2O4/c1-11-15-25-22-38(23-30(39)26-19-28(34(2,3)4)32(41)29(20-26)35(5,6)7)33(37-21-31(40)42-36(8,9)10)27(25)18-24-16-13-12-14-17-24/h12-14,16-17,19-20,25,27,41H,11,15,18,21-23H2,1-10H3. The van der Waals surface area contributed by atoms with Crippen molar-refractivity contribution in [3.05, 3.63) is 64.7 Å². The lowest BCUT2D eigenvalue weighted by Crippen LogP contribution is -2.34. The van der Waals surface area contributed by atoms with Crippen LogP contribution in [0.3, 0.4) is 0 Å². The number of likely N-dealkylation sites (tertiary alicyclic amines) is 1. The van der Waals surface area contributed by atoms with E-state index in [1.54, 1.807) is 0 Å². The lowest BCUT2D eigenvalue weighted by atomic mass is 9.78. The van der Waals surface area contributed by atoms with Gasteiger partial charge in [-0.3, -0.25) is 14.6 Å². The van der Waals surface area contributed by atoms with Gasteiger partial charge in [-0.25, -0.2) is 0 Å². The number of phenolic OH excluding ortho intramolecular Hbond substituents is 1. The van der Waals surface area contributed by atoms with Crippen molar-refractivity contribution in [2.24, 2.45) is 16.8 Å². The molecule has 1 aliphatic rings. The zero-order valence-corrected chi connectivity index (χ0v) is 27.5. The van der Waals surface area contributed by atoms with Crippen LogP contribution in [-0.4, -0.2) is 52.8 Å². The highest BCUT2D eigenvalue weighted by Gasteiger charge is 2.39. The topological polar surface area (TPSA) is 79.2 Å². The number of Topliss-reactive ketones (excluding diaryl/α,β-unsaturated/α-hetero) is 1. The van der Waals surface area contributed by atoms with Gasteiger partial charge in [0.15, 0.2) is 5.78 Å². The van der Waals surface area contributed by atoms with Crippen molar-refractivity contribution < 1.29 is 19.4 Å². The number of carbonyl (C=O) groups is 2. The van der Waals surface area contributed by atoms with Gasteiger partial charge in [0.2, 0.25) is 0 Å². The molecular formula is C36H52N2O4. The van der Waals surface area contributed by atoms with Gasteiger partial charge in [0.05, 0.1) is 6.54 Å². The Morgan fingerprint density at radius 3 is 2.02 bits per heavy atom. The van der Waals surface area contributed by atoms with E-state index in [1.165, 1.54) is 5.56 Å². The van der Waals surface area contributed by atoms with Crippen molar-refractivity contribution in [2.75, 3.05) is 19.6 Å². The number of hydrogen-bond donors (Lipinski definition) is 1. The lowest BCUT2D eigenvalue weighted by molar-refractivity contribution is -0.152. The van der Waals surface area contributed by atoms with Gasteiger partial charge < -0.3 is 14.7 Å². The molecule has 1 N–H and O–H groups in total. The highest BCUT2D eigenvalue weighted by atomic mass is 16.6. The van der Waals surface area contributed by atoms with Crippen LogP contribution in [0.15, 0.2) is 47.5 Å². The van der Waals surface area contributed by atoms with E-state index in [4.69, 9.17) is 9.73 Å². The quantitative estimate of drug-likeness (QED) is 0.247. The molecule has 230 valence electrons. The van der Waals surface area contributed by atoms with Gasteiger partial charge >= 0.3 is 5.97 Å². The maximum atomic E-state index is 14.0. The highest BCUT2D eigenvalue weighted by molar-refractivity contribution is 6.01. The van der Waals surface area contributed by atoms with E-state index in [2.05, 4.69) is 24.0 Å². The third-order valence-corrected chi connectivity index (χ3v) is 7.81. The molecule has 2 atom stereocenters. The summed E-state index contributed by atoms with van der Waals surface area (Å²) in [5.74, 6) is 1.09. The number of rotatable bonds is 9. The molecule has 6 heteroatoms. The molecule has 0 amide bonds. The Morgan fingerprint density at radius 1 is 0.952 bits per heavy atom. The third-order valence-electron chi connectivity index (χ3n) is 7.81. The largest absolute Gasteiger partial charge is 0.507 e. The Bertz CT molecular complexity index is 1240. The summed E-state index contributed by atoms with van der Waals surface area (Å²) in [6.07, 6.45) is 2.83. The molecule has 0 radical (unpaired) electrons. The first-order valence-corrected chi connectivity index (χ1v) is 15.4. The minimum absolute atomic E-state index is 0.0217. The second kappa shape index (κ2) is 13.0. The van der Waals surface area contributed by atoms with Crippen LogP contribution in [0.4, 0.5) is 0 Å². The molecule has 0 bridgehead atoms. The number of ketones is 1. The number of nitrogens with zero attached hydrogens (tertiary/aromatic N) is 2. The first-order valence-electron chi connectivity index (χ1n) is 15.4. The van der Waals surface area contributed by atoms with Crippen molar-refractivity contribution in [1.29, 1.82) is 0 Å². The molecule has 0 aliphatic carbocycles. The molecule has 1 heterocycles. The molecule has 1 saturated heterocycles. The molecule has 42 heavy (non-hydrogen) atoms. The number of esters is 1. The Balaban J connectivity index is 2.02. The molecule has 0 aromatic heterocycles. The van der Waals surface area contributed by atoms with Gasteiger partial charge in [-0.15, -0.1) is 0 Å². The van der Waals surface area contributed by atoms with Gasteiger partial charge in [0, 0.05) is 29.2 Å². The summed E-state index contributed by atoms with van der Waals surface area (Å²) >= 11 is 0. The molecule has 2 aromatic rings. The number of ether oxygens (including phenoxy) is 1. The number of carbonyl (C=O) groups excluding carboxylic acids is 2. The van der Waals surface area contributed by atoms with E-state index in [0.717, 1.165) is 36.2 Å². The fourth-order valence-electron chi connectivity index (χ4n) is 5.82. The van der Waals surface area contributed by atoms with Crippen molar-refractivity contribution in [2.45, 2.75) is 105 Å². The first kappa shape index (κ1) is 33.4. The maximum absolute atomic E-state index is 14.0. The Hall–Kier alpha value is -3.15. The van der Waals surface area contributed by atoms with Crippen LogP contribution in [0.2, 0.25) is 0 Å². The van der Waals surface area contributed by atoms with E-state index in [9.17, 15) is 14.7 Å². The highest BCUT2D eigenvalue weighted by Crippen LogP contribution is 2.40. The summed E-state index contributed by atoms with van der Waals surface area (Å²) in [5.41, 5.74) is 2.08. The van der Waals surface area contributed by atoms with Crippen LogP contribution in [-0.2, 0) is 26.8 Å². The molecular weight excluding hydrogens is 524 g/mol. The fraction of sp³-hybridized carbons (Fsp3) is 0.583. The van der Waals surface area contributed by atoms with Crippen LogP contribution in [0.5, 0.6) is 5.75 Å². The van der Waals surface area contributed by atoms with Crippen molar-refractivity contribution in [1.82, 2.24) is 4.90 Å². The SMILES string of the molecule is CCCC1CN(CC(=O)c2cc(C(C)(C)C)c(O)c(C(C)(C)C)c2)C(=NCC(=O)OC(C)(C)C)C1Cc1ccccc1. The molecule has 1 aliphatic heterocycles. The van der Waals surface area contributed by atoms with Gasteiger partial charge in [-0.05, 0) is 68.1 Å². The molecule has 6 nitrogen and oxygen atoms in total. The summed E-state index contributed by atoms with van der Waals surface area (Å²) in [5, 5.41) is 11.2. The second-order valence-corrected chi connectivity index (χ2v) is 14.8. The van der Waals surface area contributed by atoms with Gasteiger partial charge in [0.25, 0.3) is 0 Å². The summed E-state index contributed by atoms with van der Waals surface area (Å²) in [6, 6.07) is 14.1. The summed E-state index contributed by atoms with van der Waals surface area (Å²) in [6.45, 7) is 20.8. The average Bonchev–Trinajstić information content (AvgIpc) is 3.16. The monoisotopic (exact) mass is 576 g/mol. The lowest BCUT2D eigenvalue weighted by Gasteiger charge is -2.28. The van der Waals surface area contributed by atoms with E-state index >= 15 is 0 Å². The van der Waals surface area contributed by atoms with Crippen molar-refractivity contribution in [3.63, 3.8) is 0 Å². The third kappa shape index (κ3) is 8.68. The van der Waals surface area contributed by atoms with E-state index in [0.29, 0.717) is 18.0 Å². The number of amidine groups is 1. The molecule has 2 unspecified atom stereocenters. The number of phenols is 1. The molecule has 0 saturated carbocycles. The maximum Gasteiger partial charge on any atom is 0.328 e. The number of benzene rings is 2. The molecule has 1 fully saturated rings. The van der Waals surface area contributed by atoms with Crippen LogP contribution in [0, 0.1) is 11.8 Å². The van der Waals surface area contributed by atoms with Gasteiger partial charge in [-0.1, -0.05) is 85.2 Å². The smallest absolute Gasteiger partial charge is 0.328 e. The van der Waals surface area contributed by atoms with Crippen molar-refractivity contribution in [3.8, 4) is 5.75 Å². The second-order valence-electron chi connectivity index (χ2n) is 14.8. The normalized spacial score (nSPS) is 18.9. The predicted octanol–water partition coefficient (Wildman–Crippen LogP) is 7.50. The molecule has 2 aromatic carbocycles. The van der Waals surface area contributed by atoms with E-state index < -0.39 is 5.60 Å². The van der Waals surface area contributed by atoms with Crippen LogP contribution in [0.25, 0.3) is 0 Å². The fourth-order valence-corrected chi connectivity index (χ4v) is 5.82. The number of aromatic hydroxyl groups is 1. The minimum atomic E-state index is -0.592. The van der Waals surface area contributed by atoms with E-state index in [-0.39, 0.29) is 47.3 Å². The summed E-state index contributed by atoms with van der Waals surface area (Å²) in [4.78, 5) is 33.6. The predicted molar refractivity (Wildman–Crippen MR) is 172 cm³/mol. The first-order chi connectivity index (χ1) is 19.4. The Labute approximate surface area is 253 Å². The van der Waals surface area contributed by atoms with Crippen LogP contribution < -0.4 is 0 Å². The van der Waals surface area contributed by atoms with Crippen molar-refractivity contribution >= 4 is 17.6 Å². The van der Waals surface area contributed by atoms with Crippen LogP contribution >= 0.6 is 0 Å². The zero-order chi connectivity index (χ0) is 31.5. The average molecular weight is 577 g/mol. The van der Waals surface area contributed by atoms with Gasteiger partial charge in [-0.2, -0.15) is 0 Å². The summed E-state index contributed by atoms with van der Waals surface area (Å²) in [7, 11) is 0. The zero-order valence-electron chi connectivity index (χ0n) is 27.5. The summed E-state index contributed by atoms with van der Waals surface area (Å²) < 4.78 is 5.56. The molecule has 3 rings (SSSR count). The Kier molecular flexibility index (Phi) is 10.3. The minimum Gasteiger partial charge on any atom is -0.507 e. The van der Waals surface area contributed by atoms with Gasteiger partial charge in [0.1, 0.15) is 23.7 Å². The Morgan fingerprint density at radius 2 is 1.52 bits per heavy atom. The van der Waals surface area contributed by atoms with E-state index in [1.807, 2.05) is 92.6 Å². The number of hydrogen-bond acceptors (Lipinski definition) is 5.